The first-order valence-corrected chi connectivity index (χ1v) is 7.16. The molecule has 1 aromatic rings. The van der Waals surface area contributed by atoms with Crippen molar-refractivity contribution < 1.29 is 9.53 Å². The minimum Gasteiger partial charge on any atom is -0.497 e. The van der Waals surface area contributed by atoms with Crippen LogP contribution in [0.25, 0.3) is 0 Å². The van der Waals surface area contributed by atoms with Crippen LogP contribution in [0, 0.1) is 5.92 Å². The van der Waals surface area contributed by atoms with E-state index in [2.05, 4.69) is 13.0 Å². The van der Waals surface area contributed by atoms with Crippen molar-refractivity contribution in [3.05, 3.63) is 29.8 Å². The van der Waals surface area contributed by atoms with E-state index in [4.69, 9.17) is 4.74 Å². The Balaban J connectivity index is 2.09. The van der Waals surface area contributed by atoms with E-state index in [1.165, 1.54) is 5.56 Å². The lowest BCUT2D eigenvalue weighted by atomic mass is 9.94. The summed E-state index contributed by atoms with van der Waals surface area (Å²) in [5, 5.41) is 0. The number of carbonyl (C=O) groups excluding carboxylic acids is 1. The molecule has 2 rings (SSSR count). The highest BCUT2D eigenvalue weighted by Gasteiger charge is 2.26. The fraction of sp³-hybridized carbons (Fsp3) is 0.562. The zero-order chi connectivity index (χ0) is 13.7. The summed E-state index contributed by atoms with van der Waals surface area (Å²) >= 11 is 0. The summed E-state index contributed by atoms with van der Waals surface area (Å²) in [7, 11) is 1.68. The Morgan fingerprint density at radius 2 is 2.21 bits per heavy atom. The van der Waals surface area contributed by atoms with E-state index < -0.39 is 0 Å². The first kappa shape index (κ1) is 13.9. The molecule has 1 aliphatic rings. The highest BCUT2D eigenvalue weighted by atomic mass is 16.5. The fourth-order valence-corrected chi connectivity index (χ4v) is 2.77. The number of likely N-dealkylation sites (tertiary alicyclic amines) is 1. The lowest BCUT2D eigenvalue weighted by Crippen LogP contribution is -2.35. The van der Waals surface area contributed by atoms with E-state index in [1.54, 1.807) is 7.11 Å². The zero-order valence-electron chi connectivity index (χ0n) is 11.9. The monoisotopic (exact) mass is 261 g/mol. The molecule has 0 spiro atoms. The van der Waals surface area contributed by atoms with Crippen LogP contribution in [0.4, 0.5) is 0 Å². The third-order valence-corrected chi connectivity index (χ3v) is 3.89. The van der Waals surface area contributed by atoms with E-state index >= 15 is 0 Å². The third kappa shape index (κ3) is 3.49. The summed E-state index contributed by atoms with van der Waals surface area (Å²) in [6.45, 7) is 3.81. The molecule has 1 fully saturated rings. The minimum atomic E-state index is 0.134. The van der Waals surface area contributed by atoms with Crippen molar-refractivity contribution in [2.45, 2.75) is 32.6 Å². The molecular formula is C16H23NO2. The second kappa shape index (κ2) is 6.60. The molecule has 0 saturated carbocycles. The van der Waals surface area contributed by atoms with Crippen LogP contribution in [-0.4, -0.2) is 31.0 Å². The molecule has 19 heavy (non-hydrogen) atoms. The molecule has 1 aliphatic heterocycles. The summed E-state index contributed by atoms with van der Waals surface area (Å²) in [4.78, 5) is 14.4. The molecule has 1 unspecified atom stereocenters. The van der Waals surface area contributed by atoms with Gasteiger partial charge in [-0.05, 0) is 43.9 Å². The molecule has 1 amide bonds. The van der Waals surface area contributed by atoms with Crippen molar-refractivity contribution in [1.82, 2.24) is 4.90 Å². The largest absolute Gasteiger partial charge is 0.497 e. The Morgan fingerprint density at radius 1 is 1.37 bits per heavy atom. The van der Waals surface area contributed by atoms with Crippen LogP contribution < -0.4 is 4.74 Å². The van der Waals surface area contributed by atoms with Crippen LogP contribution in [-0.2, 0) is 11.2 Å². The summed E-state index contributed by atoms with van der Waals surface area (Å²) in [6.07, 6.45) is 4.12. The molecule has 0 aliphatic carbocycles. The van der Waals surface area contributed by atoms with Crippen molar-refractivity contribution in [3.63, 3.8) is 0 Å². The average Bonchev–Trinajstić information content (AvgIpc) is 2.62. The molecule has 3 heteroatoms. The Hall–Kier alpha value is -1.51. The Morgan fingerprint density at radius 3 is 2.95 bits per heavy atom. The van der Waals surface area contributed by atoms with Crippen LogP contribution in [0.3, 0.4) is 0 Å². The van der Waals surface area contributed by atoms with Gasteiger partial charge >= 0.3 is 0 Å². The molecule has 1 saturated heterocycles. The number of methoxy groups -OCH3 is 1. The molecule has 1 atom stereocenters. The number of rotatable bonds is 4. The maximum Gasteiger partial charge on any atom is 0.226 e. The summed E-state index contributed by atoms with van der Waals surface area (Å²) < 4.78 is 5.24. The molecule has 0 bridgehead atoms. The lowest BCUT2D eigenvalue weighted by molar-refractivity contribution is -0.134. The van der Waals surface area contributed by atoms with Gasteiger partial charge in [0.25, 0.3) is 0 Å². The molecule has 0 radical (unpaired) electrons. The van der Waals surface area contributed by atoms with Gasteiger partial charge in [0, 0.05) is 19.0 Å². The van der Waals surface area contributed by atoms with Crippen LogP contribution in [0.5, 0.6) is 5.75 Å². The predicted molar refractivity (Wildman–Crippen MR) is 76.3 cm³/mol. The lowest BCUT2D eigenvalue weighted by Gasteiger charge is -2.22. The van der Waals surface area contributed by atoms with Crippen molar-refractivity contribution in [1.29, 1.82) is 0 Å². The van der Waals surface area contributed by atoms with Gasteiger partial charge in [0.1, 0.15) is 5.75 Å². The number of carbonyl (C=O) groups is 1. The summed E-state index contributed by atoms with van der Waals surface area (Å²) in [5.41, 5.74) is 1.19. The molecule has 1 heterocycles. The Kier molecular flexibility index (Phi) is 4.83. The van der Waals surface area contributed by atoms with Crippen LogP contribution in [0.15, 0.2) is 24.3 Å². The maximum absolute atomic E-state index is 12.4. The SMILES string of the molecule is CCN1CCCCC(Cc2cccc(OC)c2)C1=O. The van der Waals surface area contributed by atoms with Gasteiger partial charge in [-0.3, -0.25) is 4.79 Å². The minimum absolute atomic E-state index is 0.134. The van der Waals surface area contributed by atoms with Crippen molar-refractivity contribution in [2.75, 3.05) is 20.2 Å². The zero-order valence-corrected chi connectivity index (χ0v) is 11.9. The molecular weight excluding hydrogens is 238 g/mol. The summed E-state index contributed by atoms with van der Waals surface area (Å²) in [5.74, 6) is 1.32. The van der Waals surface area contributed by atoms with Gasteiger partial charge in [0.2, 0.25) is 5.91 Å². The molecule has 0 aromatic heterocycles. The van der Waals surface area contributed by atoms with Crippen molar-refractivity contribution in [2.24, 2.45) is 5.92 Å². The second-order valence-electron chi connectivity index (χ2n) is 5.17. The predicted octanol–water partition coefficient (Wildman–Crippen LogP) is 2.89. The Bertz CT molecular complexity index is 431. The summed E-state index contributed by atoms with van der Waals surface area (Å²) in [6, 6.07) is 8.05. The van der Waals surface area contributed by atoms with E-state index in [1.807, 2.05) is 23.1 Å². The van der Waals surface area contributed by atoms with Gasteiger partial charge < -0.3 is 9.64 Å². The number of hydrogen-bond donors (Lipinski definition) is 0. The number of hydrogen-bond acceptors (Lipinski definition) is 2. The highest BCUT2D eigenvalue weighted by Crippen LogP contribution is 2.23. The number of amides is 1. The van der Waals surface area contributed by atoms with E-state index in [0.717, 1.165) is 44.5 Å². The first-order valence-electron chi connectivity index (χ1n) is 7.16. The number of nitrogens with zero attached hydrogens (tertiary/aromatic N) is 1. The van der Waals surface area contributed by atoms with Gasteiger partial charge in [0.05, 0.1) is 7.11 Å². The molecule has 0 N–H and O–H groups in total. The fourth-order valence-electron chi connectivity index (χ4n) is 2.77. The van der Waals surface area contributed by atoms with Crippen LogP contribution >= 0.6 is 0 Å². The van der Waals surface area contributed by atoms with E-state index in [-0.39, 0.29) is 5.92 Å². The molecule has 104 valence electrons. The van der Waals surface area contributed by atoms with Gasteiger partial charge in [-0.15, -0.1) is 0 Å². The van der Waals surface area contributed by atoms with Gasteiger partial charge in [-0.1, -0.05) is 18.6 Å². The van der Waals surface area contributed by atoms with Gasteiger partial charge in [0.15, 0.2) is 0 Å². The Labute approximate surface area is 115 Å². The quantitative estimate of drug-likeness (QED) is 0.834. The third-order valence-electron chi connectivity index (χ3n) is 3.89. The van der Waals surface area contributed by atoms with Crippen LogP contribution in [0.2, 0.25) is 0 Å². The van der Waals surface area contributed by atoms with Crippen LogP contribution in [0.1, 0.15) is 31.7 Å². The maximum atomic E-state index is 12.4. The van der Waals surface area contributed by atoms with E-state index in [0.29, 0.717) is 5.91 Å². The topological polar surface area (TPSA) is 29.5 Å². The smallest absolute Gasteiger partial charge is 0.226 e. The van der Waals surface area contributed by atoms with Crippen molar-refractivity contribution >= 4 is 5.91 Å². The number of benzene rings is 1. The van der Waals surface area contributed by atoms with E-state index in [9.17, 15) is 4.79 Å². The number of ether oxygens (including phenoxy) is 1. The van der Waals surface area contributed by atoms with Gasteiger partial charge in [-0.25, -0.2) is 0 Å². The highest BCUT2D eigenvalue weighted by molar-refractivity contribution is 5.79. The standard InChI is InChI=1S/C16H23NO2/c1-3-17-10-5-4-8-14(16(17)18)11-13-7-6-9-15(12-13)19-2/h6-7,9,12,14H,3-5,8,10-11H2,1-2H3. The molecule has 1 aromatic carbocycles. The van der Waals surface area contributed by atoms with Gasteiger partial charge in [-0.2, -0.15) is 0 Å². The average molecular weight is 261 g/mol. The normalized spacial score (nSPS) is 20.2. The van der Waals surface area contributed by atoms with Crippen molar-refractivity contribution in [3.8, 4) is 5.75 Å². The first-order chi connectivity index (χ1) is 9.24. The second-order valence-corrected chi connectivity index (χ2v) is 5.17. The molecule has 3 nitrogen and oxygen atoms in total.